The van der Waals surface area contributed by atoms with Crippen molar-refractivity contribution in [3.63, 3.8) is 0 Å². The molecule has 0 saturated carbocycles. The number of benzene rings is 3. The van der Waals surface area contributed by atoms with Crippen LogP contribution in [0.25, 0.3) is 6.08 Å². The number of amides is 1. The molecule has 1 aliphatic heterocycles. The van der Waals surface area contributed by atoms with Gasteiger partial charge >= 0.3 is 0 Å². The number of hydrogen-bond acceptors (Lipinski definition) is 5. The highest BCUT2D eigenvalue weighted by molar-refractivity contribution is 6.02. The Morgan fingerprint density at radius 2 is 1.69 bits per heavy atom. The minimum atomic E-state index is -0.349. The maximum Gasteiger partial charge on any atom is 0.248 e. The van der Waals surface area contributed by atoms with E-state index in [0.717, 1.165) is 58.6 Å². The molecule has 39 heavy (non-hydrogen) atoms. The number of hydrogen-bond donors (Lipinski definition) is 5. The van der Waals surface area contributed by atoms with Crippen LogP contribution in [0.2, 0.25) is 0 Å². The SMILES string of the molecule is Cc1c(C)c2c(c(C)c1O)CCC(C)(CCOc1ccc(NC(=O)/C=C/c3ccc(NC(=N)N)cc3)cc1)O2. The topological polar surface area (TPSA) is 130 Å². The van der Waals surface area contributed by atoms with Gasteiger partial charge in [-0.1, -0.05) is 12.1 Å². The predicted octanol–water partition coefficient (Wildman–Crippen LogP) is 5.83. The Balaban J connectivity index is 1.27. The van der Waals surface area contributed by atoms with Crippen LogP contribution in [0.5, 0.6) is 17.2 Å². The number of guanidine groups is 1. The van der Waals surface area contributed by atoms with E-state index in [4.69, 9.17) is 20.6 Å². The molecular formula is C31H36N4O4. The fraction of sp³-hybridized carbons (Fsp3) is 0.290. The third-order valence-electron chi connectivity index (χ3n) is 7.23. The highest BCUT2D eigenvalue weighted by atomic mass is 16.5. The van der Waals surface area contributed by atoms with Gasteiger partial charge in [0.05, 0.1) is 6.61 Å². The first kappa shape index (κ1) is 27.6. The summed E-state index contributed by atoms with van der Waals surface area (Å²) < 4.78 is 12.5. The lowest BCUT2D eigenvalue weighted by Gasteiger charge is -2.38. The van der Waals surface area contributed by atoms with Gasteiger partial charge in [0, 0.05) is 29.4 Å². The van der Waals surface area contributed by atoms with Crippen LogP contribution in [0.4, 0.5) is 11.4 Å². The summed E-state index contributed by atoms with van der Waals surface area (Å²) >= 11 is 0. The molecule has 3 aromatic carbocycles. The molecule has 3 aromatic rings. The van der Waals surface area contributed by atoms with Crippen molar-refractivity contribution in [1.82, 2.24) is 0 Å². The fourth-order valence-electron chi connectivity index (χ4n) is 4.68. The second-order valence-corrected chi connectivity index (χ2v) is 10.2. The van der Waals surface area contributed by atoms with Gasteiger partial charge in [0.15, 0.2) is 5.96 Å². The zero-order valence-corrected chi connectivity index (χ0v) is 22.9. The van der Waals surface area contributed by atoms with E-state index in [0.29, 0.717) is 23.7 Å². The Hall–Kier alpha value is -4.46. The molecule has 8 heteroatoms. The molecule has 204 valence electrons. The molecule has 1 heterocycles. The van der Waals surface area contributed by atoms with Crippen molar-refractivity contribution < 1.29 is 19.4 Å². The van der Waals surface area contributed by atoms with Crippen LogP contribution >= 0.6 is 0 Å². The zero-order valence-electron chi connectivity index (χ0n) is 22.9. The number of phenolic OH excluding ortho intramolecular Hbond substituents is 1. The lowest BCUT2D eigenvalue weighted by atomic mass is 9.86. The van der Waals surface area contributed by atoms with Gasteiger partial charge < -0.3 is 30.9 Å². The first-order chi connectivity index (χ1) is 18.5. The van der Waals surface area contributed by atoms with Crippen LogP contribution in [0.1, 0.15) is 47.6 Å². The van der Waals surface area contributed by atoms with Gasteiger partial charge in [-0.2, -0.15) is 0 Å². The number of nitrogens with two attached hydrogens (primary N) is 1. The fourth-order valence-corrected chi connectivity index (χ4v) is 4.68. The molecule has 4 rings (SSSR count). The van der Waals surface area contributed by atoms with E-state index in [1.165, 1.54) is 6.08 Å². The number of carbonyl (C=O) groups is 1. The second kappa shape index (κ2) is 11.5. The smallest absolute Gasteiger partial charge is 0.248 e. The van der Waals surface area contributed by atoms with Crippen molar-refractivity contribution in [3.8, 4) is 17.2 Å². The second-order valence-electron chi connectivity index (χ2n) is 10.2. The van der Waals surface area contributed by atoms with Crippen LogP contribution in [0, 0.1) is 26.2 Å². The van der Waals surface area contributed by atoms with Gasteiger partial charge in [-0.3, -0.25) is 10.2 Å². The van der Waals surface area contributed by atoms with Crippen molar-refractivity contribution in [3.05, 3.63) is 82.4 Å². The van der Waals surface area contributed by atoms with E-state index in [1.807, 2.05) is 45.0 Å². The Morgan fingerprint density at radius 1 is 1.05 bits per heavy atom. The van der Waals surface area contributed by atoms with Crippen LogP contribution in [-0.4, -0.2) is 29.2 Å². The summed E-state index contributed by atoms with van der Waals surface area (Å²) in [5, 5.41) is 23.2. The Kier molecular flexibility index (Phi) is 8.14. The number of rotatable bonds is 8. The van der Waals surface area contributed by atoms with E-state index in [2.05, 4.69) is 17.6 Å². The minimum Gasteiger partial charge on any atom is -0.507 e. The van der Waals surface area contributed by atoms with E-state index in [9.17, 15) is 9.90 Å². The summed E-state index contributed by atoms with van der Waals surface area (Å²) in [6.07, 6.45) is 5.61. The molecule has 0 aliphatic carbocycles. The van der Waals surface area contributed by atoms with Crippen molar-refractivity contribution in [2.75, 3.05) is 17.2 Å². The molecule has 0 aromatic heterocycles. The molecule has 6 N–H and O–H groups in total. The highest BCUT2D eigenvalue weighted by Gasteiger charge is 2.34. The van der Waals surface area contributed by atoms with Crippen molar-refractivity contribution in [1.29, 1.82) is 5.41 Å². The molecule has 8 nitrogen and oxygen atoms in total. The Labute approximate surface area is 229 Å². The molecule has 1 atom stereocenters. The third-order valence-corrected chi connectivity index (χ3v) is 7.23. The maximum absolute atomic E-state index is 12.3. The van der Waals surface area contributed by atoms with E-state index >= 15 is 0 Å². The first-order valence-corrected chi connectivity index (χ1v) is 13.0. The molecule has 1 amide bonds. The van der Waals surface area contributed by atoms with E-state index in [1.54, 1.807) is 30.3 Å². The molecule has 0 radical (unpaired) electrons. The van der Waals surface area contributed by atoms with Gasteiger partial charge in [0.1, 0.15) is 22.8 Å². The number of nitrogens with one attached hydrogen (secondary N) is 3. The molecule has 0 spiro atoms. The molecule has 1 unspecified atom stereocenters. The summed E-state index contributed by atoms with van der Waals surface area (Å²) in [6.45, 7) is 8.48. The molecule has 0 fully saturated rings. The van der Waals surface area contributed by atoms with Crippen LogP contribution in [-0.2, 0) is 11.2 Å². The Bertz CT molecular complexity index is 1400. The normalized spacial score (nSPS) is 16.3. The van der Waals surface area contributed by atoms with E-state index < -0.39 is 0 Å². The highest BCUT2D eigenvalue weighted by Crippen LogP contribution is 2.44. The number of fused-ring (bicyclic) bond motifs is 1. The van der Waals surface area contributed by atoms with Gasteiger partial charge in [-0.05, 0) is 105 Å². The minimum absolute atomic E-state index is 0.129. The molecule has 0 bridgehead atoms. The first-order valence-electron chi connectivity index (χ1n) is 13.0. The number of phenols is 1. The summed E-state index contributed by atoms with van der Waals surface area (Å²) in [6, 6.07) is 14.5. The van der Waals surface area contributed by atoms with Gasteiger partial charge in [0.25, 0.3) is 0 Å². The summed E-state index contributed by atoms with van der Waals surface area (Å²) in [7, 11) is 0. The lowest BCUT2D eigenvalue weighted by Crippen LogP contribution is -2.38. The van der Waals surface area contributed by atoms with Crippen molar-refractivity contribution in [2.45, 2.75) is 52.6 Å². The number of ether oxygens (including phenoxy) is 2. The number of aromatic hydroxyl groups is 1. The van der Waals surface area contributed by atoms with Gasteiger partial charge in [0.2, 0.25) is 5.91 Å². The standard InChI is InChI=1S/C31H36N4O4/c1-19-20(2)29-26(21(3)28(19)37)15-16-31(4,39-29)17-18-38-25-12-10-23(11-13-25)34-27(36)14-7-22-5-8-24(9-6-22)35-30(32)33/h5-14,37H,15-18H2,1-4H3,(H,34,36)(H4,32,33,35)/b14-7+. The van der Waals surface area contributed by atoms with Crippen molar-refractivity contribution in [2.24, 2.45) is 5.73 Å². The summed E-state index contributed by atoms with van der Waals surface area (Å²) in [4.78, 5) is 12.3. The quantitative estimate of drug-likeness (QED) is 0.142. The van der Waals surface area contributed by atoms with Gasteiger partial charge in [-0.15, -0.1) is 0 Å². The van der Waals surface area contributed by atoms with Crippen LogP contribution in [0.15, 0.2) is 54.6 Å². The van der Waals surface area contributed by atoms with Crippen LogP contribution in [0.3, 0.4) is 0 Å². The largest absolute Gasteiger partial charge is 0.507 e. The average molecular weight is 529 g/mol. The Morgan fingerprint density at radius 3 is 2.36 bits per heavy atom. The molecule has 1 aliphatic rings. The van der Waals surface area contributed by atoms with Crippen molar-refractivity contribution >= 4 is 29.3 Å². The van der Waals surface area contributed by atoms with Gasteiger partial charge in [-0.25, -0.2) is 0 Å². The zero-order chi connectivity index (χ0) is 28.2. The summed E-state index contributed by atoms with van der Waals surface area (Å²) in [5.74, 6) is 1.61. The molecular weight excluding hydrogens is 492 g/mol. The number of carbonyl (C=O) groups excluding carboxylic acids is 1. The molecule has 0 saturated heterocycles. The number of anilines is 2. The lowest BCUT2D eigenvalue weighted by molar-refractivity contribution is -0.111. The summed E-state index contributed by atoms with van der Waals surface area (Å²) in [5.41, 5.74) is 11.1. The van der Waals surface area contributed by atoms with Crippen LogP contribution < -0.4 is 25.8 Å². The monoisotopic (exact) mass is 528 g/mol. The third kappa shape index (κ3) is 6.71. The average Bonchev–Trinajstić information content (AvgIpc) is 2.91. The maximum atomic E-state index is 12.3. The predicted molar refractivity (Wildman–Crippen MR) is 156 cm³/mol. The van der Waals surface area contributed by atoms with E-state index in [-0.39, 0.29) is 17.5 Å².